The average molecular weight is 443 g/mol. The number of aromatic amines is 1. The van der Waals surface area contributed by atoms with Gasteiger partial charge >= 0.3 is 0 Å². The predicted octanol–water partition coefficient (Wildman–Crippen LogP) is 5.66. The molecule has 4 aromatic rings. The van der Waals surface area contributed by atoms with Crippen LogP contribution in [0, 0.1) is 6.92 Å². The van der Waals surface area contributed by atoms with E-state index in [1.807, 2.05) is 67.7 Å². The van der Waals surface area contributed by atoms with Crippen LogP contribution in [0.25, 0.3) is 11.1 Å². The number of nitrogens with two attached hydrogens (primary N) is 1. The van der Waals surface area contributed by atoms with Crippen LogP contribution in [0.15, 0.2) is 67.1 Å². The number of aromatic nitrogens is 3. The van der Waals surface area contributed by atoms with Gasteiger partial charge in [0.2, 0.25) is 0 Å². The van der Waals surface area contributed by atoms with Crippen LogP contribution in [-0.2, 0) is 19.4 Å². The minimum absolute atomic E-state index is 0.407. The molecule has 2 heterocycles. The molecule has 0 atom stereocenters. The van der Waals surface area contributed by atoms with E-state index >= 15 is 0 Å². The minimum atomic E-state index is -0.407. The number of para-hydroxylation sites is 1. The van der Waals surface area contributed by atoms with Crippen LogP contribution in [0.2, 0.25) is 0 Å². The third kappa shape index (κ3) is 5.00. The molecular formula is C27H30N4O2. The van der Waals surface area contributed by atoms with Crippen molar-refractivity contribution in [2.24, 2.45) is 5.73 Å². The molecule has 0 radical (unpaired) electrons. The molecule has 2 aromatic carbocycles. The summed E-state index contributed by atoms with van der Waals surface area (Å²) in [5.41, 5.74) is 11.5. The maximum absolute atomic E-state index is 12.6. The summed E-state index contributed by atoms with van der Waals surface area (Å²) in [6, 6.07) is 17.6. The fourth-order valence-corrected chi connectivity index (χ4v) is 4.31. The van der Waals surface area contributed by atoms with E-state index in [2.05, 4.69) is 21.5 Å². The summed E-state index contributed by atoms with van der Waals surface area (Å²) in [5, 5.41) is 0. The van der Waals surface area contributed by atoms with Gasteiger partial charge in [-0.05, 0) is 49.6 Å². The Kier molecular flexibility index (Phi) is 6.93. The summed E-state index contributed by atoms with van der Waals surface area (Å²) in [6.07, 6.45) is 7.28. The van der Waals surface area contributed by atoms with E-state index in [1.54, 1.807) is 6.33 Å². The zero-order chi connectivity index (χ0) is 23.2. The Morgan fingerprint density at radius 3 is 2.58 bits per heavy atom. The van der Waals surface area contributed by atoms with Crippen LogP contribution >= 0.6 is 0 Å². The molecule has 0 fully saturated rings. The third-order valence-corrected chi connectivity index (χ3v) is 5.91. The molecular weight excluding hydrogens is 412 g/mol. The van der Waals surface area contributed by atoms with E-state index in [4.69, 9.17) is 10.5 Å². The highest BCUT2D eigenvalue weighted by Crippen LogP contribution is 2.36. The highest BCUT2D eigenvalue weighted by molar-refractivity contribution is 6.02. The van der Waals surface area contributed by atoms with E-state index in [1.165, 1.54) is 0 Å². The van der Waals surface area contributed by atoms with Crippen molar-refractivity contribution in [2.45, 2.75) is 46.1 Å². The highest BCUT2D eigenvalue weighted by atomic mass is 16.5. The van der Waals surface area contributed by atoms with Crippen molar-refractivity contribution in [3.8, 4) is 22.6 Å². The number of carbonyl (C=O) groups excluding carboxylic acids is 1. The highest BCUT2D eigenvalue weighted by Gasteiger charge is 2.24. The van der Waals surface area contributed by atoms with Gasteiger partial charge in [0.25, 0.3) is 5.91 Å². The van der Waals surface area contributed by atoms with Gasteiger partial charge in [-0.2, -0.15) is 0 Å². The monoisotopic (exact) mass is 442 g/mol. The molecule has 0 aliphatic carbocycles. The van der Waals surface area contributed by atoms with Crippen LogP contribution in [0.5, 0.6) is 11.5 Å². The van der Waals surface area contributed by atoms with Crippen molar-refractivity contribution in [3.05, 3.63) is 89.8 Å². The SMILES string of the molecule is CCCCc1c(-c2cccc(Oc3ccccc3)c2)c(C(N)=O)c(C)n1CCc1cnc[nH]1. The summed E-state index contributed by atoms with van der Waals surface area (Å²) in [4.78, 5) is 19.9. The molecule has 0 saturated carbocycles. The summed E-state index contributed by atoms with van der Waals surface area (Å²) < 4.78 is 8.31. The van der Waals surface area contributed by atoms with Crippen LogP contribution < -0.4 is 10.5 Å². The first kappa shape index (κ1) is 22.4. The maximum Gasteiger partial charge on any atom is 0.251 e. The van der Waals surface area contributed by atoms with E-state index in [0.29, 0.717) is 5.56 Å². The lowest BCUT2D eigenvalue weighted by molar-refractivity contribution is 0.1000. The van der Waals surface area contributed by atoms with Gasteiger partial charge in [0.1, 0.15) is 11.5 Å². The lowest BCUT2D eigenvalue weighted by Crippen LogP contribution is -2.14. The number of nitrogens with zero attached hydrogens (tertiary/aromatic N) is 2. The van der Waals surface area contributed by atoms with Gasteiger partial charge in [0.15, 0.2) is 0 Å². The number of ether oxygens (including phenoxy) is 1. The number of carbonyl (C=O) groups is 1. The second-order valence-electron chi connectivity index (χ2n) is 8.17. The zero-order valence-corrected chi connectivity index (χ0v) is 19.2. The number of imidazole rings is 1. The molecule has 33 heavy (non-hydrogen) atoms. The molecule has 1 amide bonds. The van der Waals surface area contributed by atoms with Crippen LogP contribution in [0.3, 0.4) is 0 Å². The van der Waals surface area contributed by atoms with Crippen molar-refractivity contribution in [1.82, 2.24) is 14.5 Å². The van der Waals surface area contributed by atoms with Crippen molar-refractivity contribution in [2.75, 3.05) is 0 Å². The molecule has 0 aliphatic heterocycles. The number of rotatable bonds is 10. The summed E-state index contributed by atoms with van der Waals surface area (Å²) in [7, 11) is 0. The Hall–Kier alpha value is -3.80. The molecule has 0 saturated heterocycles. The Morgan fingerprint density at radius 2 is 1.88 bits per heavy atom. The number of amides is 1. The standard InChI is InChI=1S/C27H30N4O2/c1-3-4-13-24-26(20-9-8-12-23(16-20)33-22-10-6-5-7-11-22)25(27(28)32)19(2)31(24)15-14-21-17-29-18-30-21/h5-12,16-18H,3-4,13-15H2,1-2H3,(H2,28,32)(H,29,30). The number of unbranched alkanes of at least 4 members (excludes halogenated alkanes) is 1. The average Bonchev–Trinajstić information content (AvgIpc) is 3.43. The second-order valence-corrected chi connectivity index (χ2v) is 8.17. The quantitative estimate of drug-likeness (QED) is 0.332. The van der Waals surface area contributed by atoms with Gasteiger partial charge in [-0.15, -0.1) is 0 Å². The molecule has 4 rings (SSSR count). The molecule has 0 spiro atoms. The number of aryl methyl sites for hydroxylation is 1. The fourth-order valence-electron chi connectivity index (χ4n) is 4.31. The van der Waals surface area contributed by atoms with Gasteiger partial charge in [0.05, 0.1) is 11.9 Å². The van der Waals surface area contributed by atoms with Gasteiger partial charge in [-0.1, -0.05) is 43.7 Å². The van der Waals surface area contributed by atoms with E-state index in [9.17, 15) is 4.79 Å². The number of hydrogen-bond acceptors (Lipinski definition) is 3. The van der Waals surface area contributed by atoms with Crippen LogP contribution in [0.4, 0.5) is 0 Å². The number of primary amides is 1. The van der Waals surface area contributed by atoms with E-state index < -0.39 is 5.91 Å². The van der Waals surface area contributed by atoms with E-state index in [-0.39, 0.29) is 0 Å². The second kappa shape index (κ2) is 10.2. The number of hydrogen-bond donors (Lipinski definition) is 2. The normalized spacial score (nSPS) is 11.0. The van der Waals surface area contributed by atoms with E-state index in [0.717, 1.165) is 71.9 Å². The molecule has 6 nitrogen and oxygen atoms in total. The Balaban J connectivity index is 1.78. The molecule has 0 bridgehead atoms. The summed E-state index contributed by atoms with van der Waals surface area (Å²) in [5.74, 6) is 1.08. The summed E-state index contributed by atoms with van der Waals surface area (Å²) >= 11 is 0. The lowest BCUT2D eigenvalue weighted by Gasteiger charge is -2.13. The first-order valence-electron chi connectivity index (χ1n) is 11.4. The number of nitrogens with one attached hydrogen (secondary N) is 1. The first-order chi connectivity index (χ1) is 16.1. The molecule has 6 heteroatoms. The van der Waals surface area contributed by atoms with Crippen molar-refractivity contribution in [3.63, 3.8) is 0 Å². The van der Waals surface area contributed by atoms with Crippen molar-refractivity contribution >= 4 is 5.91 Å². The summed E-state index contributed by atoms with van der Waals surface area (Å²) in [6.45, 7) is 4.90. The Bertz CT molecular complexity index is 1210. The van der Waals surface area contributed by atoms with Gasteiger partial charge in [0, 0.05) is 41.8 Å². The minimum Gasteiger partial charge on any atom is -0.457 e. The molecule has 3 N–H and O–H groups in total. The van der Waals surface area contributed by atoms with Crippen LogP contribution in [0.1, 0.15) is 47.2 Å². The van der Waals surface area contributed by atoms with Crippen molar-refractivity contribution < 1.29 is 9.53 Å². The number of benzene rings is 2. The molecule has 0 aliphatic rings. The number of H-pyrrole nitrogens is 1. The molecule has 0 unspecified atom stereocenters. The topological polar surface area (TPSA) is 85.9 Å². The van der Waals surface area contributed by atoms with Gasteiger partial charge in [-0.25, -0.2) is 4.98 Å². The molecule has 170 valence electrons. The van der Waals surface area contributed by atoms with Gasteiger partial charge in [-0.3, -0.25) is 4.79 Å². The zero-order valence-electron chi connectivity index (χ0n) is 19.2. The smallest absolute Gasteiger partial charge is 0.251 e. The Labute approximate surface area is 194 Å². The van der Waals surface area contributed by atoms with Gasteiger partial charge < -0.3 is 20.0 Å². The van der Waals surface area contributed by atoms with Crippen molar-refractivity contribution in [1.29, 1.82) is 0 Å². The lowest BCUT2D eigenvalue weighted by atomic mass is 9.97. The predicted molar refractivity (Wildman–Crippen MR) is 131 cm³/mol. The maximum atomic E-state index is 12.6. The fraction of sp³-hybridized carbons (Fsp3) is 0.259. The first-order valence-corrected chi connectivity index (χ1v) is 11.4. The third-order valence-electron chi connectivity index (χ3n) is 5.91. The Morgan fingerprint density at radius 1 is 1.09 bits per heavy atom. The van der Waals surface area contributed by atoms with Crippen LogP contribution in [-0.4, -0.2) is 20.4 Å². The largest absolute Gasteiger partial charge is 0.457 e. The molecule has 2 aromatic heterocycles.